The summed E-state index contributed by atoms with van der Waals surface area (Å²) in [6, 6.07) is 19.4. The standard InChI is InChI=1S/C21H18Cl3NO/c1-14-2-4-15(5-3-14)13-26-21-9-6-16(10-19(21)24)12-25-20-8-7-17(22)11-18(20)23/h2-11,25H,12-13H2,1H3. The third-order valence-corrected chi connectivity index (χ3v) is 4.77. The van der Waals surface area contributed by atoms with Gasteiger partial charge in [0.2, 0.25) is 0 Å². The van der Waals surface area contributed by atoms with Crippen LogP contribution in [0.2, 0.25) is 15.1 Å². The number of rotatable bonds is 6. The molecule has 26 heavy (non-hydrogen) atoms. The molecule has 0 bridgehead atoms. The molecule has 3 aromatic carbocycles. The summed E-state index contributed by atoms with van der Waals surface area (Å²) in [5.74, 6) is 0.667. The molecule has 0 heterocycles. The summed E-state index contributed by atoms with van der Waals surface area (Å²) in [6.45, 7) is 3.14. The summed E-state index contributed by atoms with van der Waals surface area (Å²) in [4.78, 5) is 0. The maximum atomic E-state index is 6.36. The number of benzene rings is 3. The van der Waals surface area contributed by atoms with E-state index >= 15 is 0 Å². The number of halogens is 3. The average molecular weight is 407 g/mol. The highest BCUT2D eigenvalue weighted by Gasteiger charge is 2.06. The molecule has 0 unspecified atom stereocenters. The lowest BCUT2D eigenvalue weighted by Crippen LogP contribution is -2.01. The van der Waals surface area contributed by atoms with E-state index in [2.05, 4.69) is 36.5 Å². The van der Waals surface area contributed by atoms with Crippen molar-refractivity contribution in [3.05, 3.63) is 92.4 Å². The van der Waals surface area contributed by atoms with E-state index < -0.39 is 0 Å². The van der Waals surface area contributed by atoms with Crippen molar-refractivity contribution in [2.45, 2.75) is 20.1 Å². The molecule has 0 aliphatic heterocycles. The van der Waals surface area contributed by atoms with Crippen LogP contribution in [-0.2, 0) is 13.2 Å². The Hall–Kier alpha value is -1.87. The molecule has 0 saturated heterocycles. The molecular formula is C21H18Cl3NO. The fourth-order valence-electron chi connectivity index (χ4n) is 2.45. The molecule has 134 valence electrons. The number of hydrogen-bond acceptors (Lipinski definition) is 2. The minimum Gasteiger partial charge on any atom is -0.487 e. The summed E-state index contributed by atoms with van der Waals surface area (Å²) in [7, 11) is 0. The van der Waals surface area contributed by atoms with Gasteiger partial charge in [-0.2, -0.15) is 0 Å². The zero-order chi connectivity index (χ0) is 18.5. The Labute approximate surface area is 168 Å². The molecule has 0 spiro atoms. The second-order valence-electron chi connectivity index (χ2n) is 6.02. The van der Waals surface area contributed by atoms with Crippen LogP contribution in [0.4, 0.5) is 5.69 Å². The maximum Gasteiger partial charge on any atom is 0.138 e. The largest absolute Gasteiger partial charge is 0.487 e. The molecule has 0 amide bonds. The molecule has 3 rings (SSSR count). The molecule has 0 fully saturated rings. The van der Waals surface area contributed by atoms with Crippen LogP contribution in [0.1, 0.15) is 16.7 Å². The number of hydrogen-bond donors (Lipinski definition) is 1. The summed E-state index contributed by atoms with van der Waals surface area (Å²) in [6.07, 6.45) is 0. The number of aryl methyl sites for hydroxylation is 1. The molecule has 2 nitrogen and oxygen atoms in total. The van der Waals surface area contributed by atoms with Crippen LogP contribution in [0.5, 0.6) is 5.75 Å². The number of ether oxygens (including phenoxy) is 1. The lowest BCUT2D eigenvalue weighted by Gasteiger charge is -2.12. The summed E-state index contributed by atoms with van der Waals surface area (Å²) in [5, 5.41) is 5.05. The van der Waals surface area contributed by atoms with Crippen molar-refractivity contribution in [3.63, 3.8) is 0 Å². The Morgan fingerprint density at radius 1 is 0.808 bits per heavy atom. The highest BCUT2D eigenvalue weighted by atomic mass is 35.5. The van der Waals surface area contributed by atoms with Gasteiger partial charge in [0.15, 0.2) is 0 Å². The summed E-state index contributed by atoms with van der Waals surface area (Å²) >= 11 is 18.4. The predicted molar refractivity (Wildman–Crippen MR) is 111 cm³/mol. The first-order chi connectivity index (χ1) is 12.5. The smallest absolute Gasteiger partial charge is 0.138 e. The molecule has 0 aliphatic carbocycles. The van der Waals surface area contributed by atoms with Crippen molar-refractivity contribution in [1.82, 2.24) is 0 Å². The molecular weight excluding hydrogens is 389 g/mol. The van der Waals surface area contributed by atoms with E-state index in [1.165, 1.54) is 5.56 Å². The van der Waals surface area contributed by atoms with E-state index in [0.717, 1.165) is 16.8 Å². The van der Waals surface area contributed by atoms with Crippen molar-refractivity contribution in [2.24, 2.45) is 0 Å². The lowest BCUT2D eigenvalue weighted by atomic mass is 10.1. The zero-order valence-corrected chi connectivity index (χ0v) is 16.5. The topological polar surface area (TPSA) is 21.3 Å². The molecule has 0 aliphatic rings. The first-order valence-corrected chi connectivity index (χ1v) is 9.30. The maximum absolute atomic E-state index is 6.36. The van der Waals surface area contributed by atoms with Gasteiger partial charge in [-0.05, 0) is 48.4 Å². The van der Waals surface area contributed by atoms with Gasteiger partial charge >= 0.3 is 0 Å². The fourth-order valence-corrected chi connectivity index (χ4v) is 3.18. The van der Waals surface area contributed by atoms with Gasteiger partial charge in [0.25, 0.3) is 0 Å². The summed E-state index contributed by atoms with van der Waals surface area (Å²) < 4.78 is 5.82. The van der Waals surface area contributed by atoms with Gasteiger partial charge in [0.05, 0.1) is 15.7 Å². The van der Waals surface area contributed by atoms with Gasteiger partial charge < -0.3 is 10.1 Å². The quantitative estimate of drug-likeness (QED) is 0.469. The number of anilines is 1. The van der Waals surface area contributed by atoms with E-state index in [9.17, 15) is 0 Å². The first kappa shape index (κ1) is 18.9. The second kappa shape index (κ2) is 8.68. The van der Waals surface area contributed by atoms with Gasteiger partial charge in [-0.3, -0.25) is 0 Å². The molecule has 3 aromatic rings. The molecule has 0 atom stereocenters. The minimum absolute atomic E-state index is 0.484. The third-order valence-electron chi connectivity index (χ3n) is 3.93. The van der Waals surface area contributed by atoms with E-state index in [-0.39, 0.29) is 0 Å². The van der Waals surface area contributed by atoms with Crippen molar-refractivity contribution >= 4 is 40.5 Å². The van der Waals surface area contributed by atoms with Gasteiger partial charge in [0.1, 0.15) is 12.4 Å². The van der Waals surface area contributed by atoms with Crippen molar-refractivity contribution in [3.8, 4) is 5.75 Å². The van der Waals surface area contributed by atoms with Crippen LogP contribution in [0.25, 0.3) is 0 Å². The lowest BCUT2D eigenvalue weighted by molar-refractivity contribution is 0.306. The van der Waals surface area contributed by atoms with Gasteiger partial charge in [-0.15, -0.1) is 0 Å². The average Bonchev–Trinajstić information content (AvgIpc) is 2.61. The highest BCUT2D eigenvalue weighted by Crippen LogP contribution is 2.28. The SMILES string of the molecule is Cc1ccc(COc2ccc(CNc3ccc(Cl)cc3Cl)cc2Cl)cc1. The second-order valence-corrected chi connectivity index (χ2v) is 7.27. The fraction of sp³-hybridized carbons (Fsp3) is 0.143. The van der Waals surface area contributed by atoms with E-state index in [1.54, 1.807) is 12.1 Å². The van der Waals surface area contributed by atoms with Gasteiger partial charge in [0, 0.05) is 11.6 Å². The highest BCUT2D eigenvalue weighted by molar-refractivity contribution is 6.36. The van der Waals surface area contributed by atoms with Gasteiger partial charge in [-0.1, -0.05) is 70.7 Å². The van der Waals surface area contributed by atoms with Crippen LogP contribution in [0.15, 0.2) is 60.7 Å². The van der Waals surface area contributed by atoms with Crippen molar-refractivity contribution in [2.75, 3.05) is 5.32 Å². The molecule has 0 saturated carbocycles. The van der Waals surface area contributed by atoms with E-state index in [1.807, 2.05) is 24.3 Å². The minimum atomic E-state index is 0.484. The summed E-state index contributed by atoms with van der Waals surface area (Å²) in [5.41, 5.74) is 4.19. The molecule has 0 aromatic heterocycles. The van der Waals surface area contributed by atoms with E-state index in [4.69, 9.17) is 39.5 Å². The molecule has 1 N–H and O–H groups in total. The van der Waals surface area contributed by atoms with Crippen LogP contribution in [0.3, 0.4) is 0 Å². The Morgan fingerprint density at radius 2 is 1.54 bits per heavy atom. The van der Waals surface area contributed by atoms with Crippen LogP contribution >= 0.6 is 34.8 Å². The Morgan fingerprint density at radius 3 is 2.23 bits per heavy atom. The Bertz CT molecular complexity index is 894. The van der Waals surface area contributed by atoms with E-state index in [0.29, 0.717) is 34.0 Å². The predicted octanol–water partition coefficient (Wildman–Crippen LogP) is 7.15. The van der Waals surface area contributed by atoms with Crippen LogP contribution in [-0.4, -0.2) is 0 Å². The molecule has 5 heteroatoms. The number of nitrogens with one attached hydrogen (secondary N) is 1. The first-order valence-electron chi connectivity index (χ1n) is 8.17. The van der Waals surface area contributed by atoms with Gasteiger partial charge in [-0.25, -0.2) is 0 Å². The third kappa shape index (κ3) is 5.07. The Balaban J connectivity index is 1.60. The monoisotopic (exact) mass is 405 g/mol. The van der Waals surface area contributed by atoms with Crippen molar-refractivity contribution < 1.29 is 4.74 Å². The Kier molecular flexibility index (Phi) is 6.31. The van der Waals surface area contributed by atoms with Crippen LogP contribution in [0, 0.1) is 6.92 Å². The zero-order valence-electron chi connectivity index (χ0n) is 14.2. The van der Waals surface area contributed by atoms with Crippen LogP contribution < -0.4 is 10.1 Å². The normalized spacial score (nSPS) is 10.6. The van der Waals surface area contributed by atoms with Crippen molar-refractivity contribution in [1.29, 1.82) is 0 Å². The molecule has 0 radical (unpaired) electrons.